The number of nitrogens with zero attached hydrogens (tertiary/aromatic N) is 4. The minimum Gasteiger partial charge on any atom is -0.369 e. The summed E-state index contributed by atoms with van der Waals surface area (Å²) >= 11 is 3.17. The zero-order valence-electron chi connectivity index (χ0n) is 15.8. The van der Waals surface area contributed by atoms with Crippen LogP contribution in [-0.2, 0) is 0 Å². The highest BCUT2D eigenvalue weighted by Crippen LogP contribution is 2.21. The highest BCUT2D eigenvalue weighted by atomic mass is 79.9. The maximum atomic E-state index is 10.6. The van der Waals surface area contributed by atoms with E-state index in [-0.39, 0.29) is 16.3 Å². The second-order valence-electron chi connectivity index (χ2n) is 6.62. The number of non-ortho nitro benzene ring substituents is 2. The molecule has 2 aromatic carbocycles. The van der Waals surface area contributed by atoms with E-state index < -0.39 is 4.92 Å². The summed E-state index contributed by atoms with van der Waals surface area (Å²) < 4.78 is 0.845. The van der Waals surface area contributed by atoms with E-state index in [1.54, 1.807) is 24.3 Å². The molecule has 1 fully saturated rings. The van der Waals surface area contributed by atoms with E-state index in [2.05, 4.69) is 39.6 Å². The Balaban J connectivity index is 0.000000237. The van der Waals surface area contributed by atoms with Gasteiger partial charge >= 0.3 is 0 Å². The quantitative estimate of drug-likeness (QED) is 0.503. The normalized spacial score (nSPS) is 14.4. The third kappa shape index (κ3) is 6.28. The largest absolute Gasteiger partial charge is 0.369 e. The van der Waals surface area contributed by atoms with E-state index >= 15 is 0 Å². The van der Waals surface area contributed by atoms with E-state index in [1.807, 2.05) is 12.1 Å². The van der Waals surface area contributed by atoms with E-state index in [0.717, 1.165) is 36.3 Å². The van der Waals surface area contributed by atoms with Crippen LogP contribution in [0.2, 0.25) is 0 Å². The molecule has 8 nitrogen and oxygen atoms in total. The van der Waals surface area contributed by atoms with Gasteiger partial charge in [-0.2, -0.15) is 0 Å². The minimum atomic E-state index is -0.424. The summed E-state index contributed by atoms with van der Waals surface area (Å²) in [4.78, 5) is 24.6. The minimum absolute atomic E-state index is 0.114. The van der Waals surface area contributed by atoms with Crippen LogP contribution in [0.25, 0.3) is 0 Å². The van der Waals surface area contributed by atoms with Crippen molar-refractivity contribution in [3.63, 3.8) is 0 Å². The molecule has 3 rings (SSSR count). The molecule has 2 aromatic rings. The summed E-state index contributed by atoms with van der Waals surface area (Å²) in [6, 6.07) is 13.6. The molecule has 0 saturated carbocycles. The standard InChI is InChI=1S/C13H19N3O2.C6H4BrNO2/c1-11(2)14-7-9-15(10-8-14)12-3-5-13(6-4-12)16(17)18;7-5-1-3-6(4-2-5)8(9)10/h3-6,11H,7-10H2,1-2H3;1-4H. The van der Waals surface area contributed by atoms with Gasteiger partial charge in [0, 0.05) is 66.6 Å². The lowest BCUT2D eigenvalue weighted by Crippen LogP contribution is -2.48. The molecule has 0 unspecified atom stereocenters. The second-order valence-corrected chi connectivity index (χ2v) is 7.54. The predicted molar refractivity (Wildman–Crippen MR) is 113 cm³/mol. The highest BCUT2D eigenvalue weighted by Gasteiger charge is 2.19. The van der Waals surface area contributed by atoms with Crippen LogP contribution in [0.3, 0.4) is 0 Å². The topological polar surface area (TPSA) is 92.8 Å². The third-order valence-corrected chi connectivity index (χ3v) is 5.04. The Hall–Kier alpha value is -2.52. The van der Waals surface area contributed by atoms with Crippen LogP contribution >= 0.6 is 15.9 Å². The Morgan fingerprint density at radius 1 is 0.821 bits per heavy atom. The molecule has 9 heteroatoms. The van der Waals surface area contributed by atoms with Crippen LogP contribution in [0.5, 0.6) is 0 Å². The Morgan fingerprint density at radius 2 is 1.25 bits per heavy atom. The van der Waals surface area contributed by atoms with Crippen molar-refractivity contribution < 1.29 is 9.85 Å². The lowest BCUT2D eigenvalue weighted by Gasteiger charge is -2.38. The molecule has 1 heterocycles. The molecule has 0 amide bonds. The molecule has 0 bridgehead atoms. The summed E-state index contributed by atoms with van der Waals surface area (Å²) in [5.41, 5.74) is 1.34. The zero-order valence-corrected chi connectivity index (χ0v) is 17.4. The first kappa shape index (κ1) is 21.8. The summed E-state index contributed by atoms with van der Waals surface area (Å²) in [6.07, 6.45) is 0. The van der Waals surface area contributed by atoms with E-state index in [4.69, 9.17) is 0 Å². The Kier molecular flexibility index (Phi) is 7.89. The van der Waals surface area contributed by atoms with Crippen molar-refractivity contribution in [2.24, 2.45) is 0 Å². The Morgan fingerprint density at radius 3 is 1.64 bits per heavy atom. The molecule has 0 aliphatic carbocycles. The van der Waals surface area contributed by atoms with Gasteiger partial charge in [-0.15, -0.1) is 0 Å². The molecular weight excluding hydrogens is 428 g/mol. The lowest BCUT2D eigenvalue weighted by atomic mass is 10.2. The number of nitro benzene ring substituents is 2. The molecule has 0 radical (unpaired) electrons. The van der Waals surface area contributed by atoms with Gasteiger partial charge in [-0.05, 0) is 38.1 Å². The smallest absolute Gasteiger partial charge is 0.269 e. The van der Waals surface area contributed by atoms with Gasteiger partial charge in [-0.1, -0.05) is 15.9 Å². The van der Waals surface area contributed by atoms with Crippen LogP contribution in [0.15, 0.2) is 53.0 Å². The first-order valence-corrected chi connectivity index (χ1v) is 9.70. The molecule has 1 saturated heterocycles. The van der Waals surface area contributed by atoms with Crippen molar-refractivity contribution in [1.29, 1.82) is 0 Å². The Bertz CT molecular complexity index is 789. The predicted octanol–water partition coefficient (Wildman–Crippen LogP) is 4.48. The molecule has 0 aromatic heterocycles. The van der Waals surface area contributed by atoms with Gasteiger partial charge in [0.15, 0.2) is 0 Å². The maximum Gasteiger partial charge on any atom is 0.269 e. The number of nitro groups is 2. The van der Waals surface area contributed by atoms with Crippen LogP contribution < -0.4 is 4.90 Å². The number of anilines is 1. The lowest BCUT2D eigenvalue weighted by molar-refractivity contribution is -0.385. The molecule has 0 N–H and O–H groups in total. The van der Waals surface area contributed by atoms with Crippen molar-refractivity contribution in [3.8, 4) is 0 Å². The fourth-order valence-electron chi connectivity index (χ4n) is 2.84. The molecule has 1 aliphatic heterocycles. The van der Waals surface area contributed by atoms with Crippen molar-refractivity contribution in [3.05, 3.63) is 73.2 Å². The van der Waals surface area contributed by atoms with Gasteiger partial charge in [0.25, 0.3) is 11.4 Å². The number of hydrogen-bond donors (Lipinski definition) is 0. The van der Waals surface area contributed by atoms with Gasteiger partial charge in [-0.3, -0.25) is 25.1 Å². The number of hydrogen-bond acceptors (Lipinski definition) is 6. The van der Waals surface area contributed by atoms with Gasteiger partial charge in [0.2, 0.25) is 0 Å². The number of halogens is 1. The zero-order chi connectivity index (χ0) is 20.7. The maximum absolute atomic E-state index is 10.6. The molecule has 0 spiro atoms. The van der Waals surface area contributed by atoms with Gasteiger partial charge in [-0.25, -0.2) is 0 Å². The van der Waals surface area contributed by atoms with E-state index in [1.165, 1.54) is 12.1 Å². The average Bonchev–Trinajstić information content (AvgIpc) is 2.69. The molecule has 28 heavy (non-hydrogen) atoms. The summed E-state index contributed by atoms with van der Waals surface area (Å²) in [5, 5.41) is 20.7. The molecule has 150 valence electrons. The highest BCUT2D eigenvalue weighted by molar-refractivity contribution is 9.10. The third-order valence-electron chi connectivity index (χ3n) is 4.51. The summed E-state index contributed by atoms with van der Waals surface area (Å²) in [7, 11) is 0. The van der Waals surface area contributed by atoms with Crippen LogP contribution in [0, 0.1) is 20.2 Å². The van der Waals surface area contributed by atoms with Crippen LogP contribution in [-0.4, -0.2) is 47.0 Å². The SMILES string of the molecule is CC(C)N1CCN(c2ccc([N+](=O)[O-])cc2)CC1.O=[N+]([O-])c1ccc(Br)cc1. The fourth-order valence-corrected chi connectivity index (χ4v) is 3.11. The van der Waals surface area contributed by atoms with Crippen molar-refractivity contribution in [2.75, 3.05) is 31.1 Å². The van der Waals surface area contributed by atoms with E-state index in [9.17, 15) is 20.2 Å². The first-order valence-electron chi connectivity index (χ1n) is 8.91. The van der Waals surface area contributed by atoms with E-state index in [0.29, 0.717) is 6.04 Å². The van der Waals surface area contributed by atoms with Crippen molar-refractivity contribution >= 4 is 33.0 Å². The first-order chi connectivity index (χ1) is 13.3. The fraction of sp³-hybridized carbons (Fsp3) is 0.368. The number of piperazine rings is 1. The summed E-state index contributed by atoms with van der Waals surface area (Å²) in [6.45, 7) is 8.48. The summed E-state index contributed by atoms with van der Waals surface area (Å²) in [5.74, 6) is 0. The van der Waals surface area contributed by atoms with Crippen molar-refractivity contribution in [1.82, 2.24) is 4.90 Å². The second kappa shape index (κ2) is 10.1. The molecule has 1 aliphatic rings. The number of benzene rings is 2. The van der Waals surface area contributed by atoms with Gasteiger partial charge < -0.3 is 4.90 Å². The van der Waals surface area contributed by atoms with Crippen LogP contribution in [0.1, 0.15) is 13.8 Å². The Labute approximate surface area is 172 Å². The van der Waals surface area contributed by atoms with Gasteiger partial charge in [0.1, 0.15) is 0 Å². The monoisotopic (exact) mass is 450 g/mol. The molecule has 0 atom stereocenters. The number of rotatable bonds is 4. The van der Waals surface area contributed by atoms with Crippen molar-refractivity contribution in [2.45, 2.75) is 19.9 Å². The average molecular weight is 451 g/mol. The molecular formula is C19H23BrN4O4. The van der Waals surface area contributed by atoms with Crippen LogP contribution in [0.4, 0.5) is 17.1 Å². The van der Waals surface area contributed by atoms with Gasteiger partial charge in [0.05, 0.1) is 9.85 Å².